The highest BCUT2D eigenvalue weighted by Crippen LogP contribution is 2.26. The first-order valence-corrected chi connectivity index (χ1v) is 12.4. The van der Waals surface area contributed by atoms with Crippen molar-refractivity contribution in [2.75, 3.05) is 11.9 Å². The SMILES string of the molecule is Cc1ccc(-n2cc(-c3ccc(Cl)cc3)nc2NC(=O)CN(Cc2ccco2)C(=O)c2ccccc2)cc1. The maximum Gasteiger partial charge on any atom is 0.254 e. The molecule has 0 radical (unpaired) electrons. The number of benzene rings is 3. The molecule has 0 spiro atoms. The normalized spacial score (nSPS) is 10.8. The second-order valence-electron chi connectivity index (χ2n) is 8.82. The van der Waals surface area contributed by atoms with Gasteiger partial charge in [0.05, 0.1) is 18.5 Å². The van der Waals surface area contributed by atoms with Gasteiger partial charge < -0.3 is 9.32 Å². The number of rotatable bonds is 8. The standard InChI is InChI=1S/C30H25ClN4O3/c1-21-9-15-25(16-10-21)35-19-27(22-11-13-24(31)14-12-22)32-30(35)33-28(36)20-34(18-26-8-5-17-38-26)29(37)23-6-3-2-4-7-23/h2-17,19H,18,20H2,1H3,(H,32,33,36). The Morgan fingerprint density at radius 2 is 1.68 bits per heavy atom. The van der Waals surface area contributed by atoms with Crippen LogP contribution in [0.2, 0.25) is 5.02 Å². The Kier molecular flexibility index (Phi) is 7.38. The Hall–Kier alpha value is -4.62. The fourth-order valence-electron chi connectivity index (χ4n) is 4.02. The summed E-state index contributed by atoms with van der Waals surface area (Å²) in [7, 11) is 0. The summed E-state index contributed by atoms with van der Waals surface area (Å²) >= 11 is 6.06. The third-order valence-corrected chi connectivity index (χ3v) is 6.23. The zero-order chi connectivity index (χ0) is 26.5. The predicted molar refractivity (Wildman–Crippen MR) is 147 cm³/mol. The van der Waals surface area contributed by atoms with Gasteiger partial charge >= 0.3 is 0 Å². The van der Waals surface area contributed by atoms with Gasteiger partial charge in [0.25, 0.3) is 5.91 Å². The monoisotopic (exact) mass is 524 g/mol. The first-order valence-electron chi connectivity index (χ1n) is 12.1. The van der Waals surface area contributed by atoms with Crippen molar-refractivity contribution in [3.8, 4) is 16.9 Å². The summed E-state index contributed by atoms with van der Waals surface area (Å²) in [6, 6.07) is 27.6. The molecule has 0 saturated heterocycles. The van der Waals surface area contributed by atoms with Gasteiger partial charge in [0.15, 0.2) is 0 Å². The molecule has 1 N–H and O–H groups in total. The van der Waals surface area contributed by atoms with E-state index in [-0.39, 0.29) is 24.9 Å². The summed E-state index contributed by atoms with van der Waals surface area (Å²) in [4.78, 5) is 32.7. The molecule has 8 heteroatoms. The number of anilines is 1. The molecule has 0 atom stereocenters. The van der Waals surface area contributed by atoms with E-state index in [9.17, 15) is 9.59 Å². The van der Waals surface area contributed by atoms with E-state index in [2.05, 4.69) is 5.32 Å². The summed E-state index contributed by atoms with van der Waals surface area (Å²) < 4.78 is 7.26. The van der Waals surface area contributed by atoms with Crippen LogP contribution in [0.15, 0.2) is 108 Å². The summed E-state index contributed by atoms with van der Waals surface area (Å²) in [5.41, 5.74) is 3.97. The second kappa shape index (κ2) is 11.2. The Morgan fingerprint density at radius 1 is 0.947 bits per heavy atom. The minimum Gasteiger partial charge on any atom is -0.467 e. The van der Waals surface area contributed by atoms with Gasteiger partial charge in [-0.2, -0.15) is 0 Å². The number of aryl methyl sites for hydroxylation is 1. The molecule has 0 aliphatic rings. The van der Waals surface area contributed by atoms with E-state index in [0.29, 0.717) is 28.0 Å². The molecule has 0 bridgehead atoms. The van der Waals surface area contributed by atoms with Gasteiger partial charge in [-0.25, -0.2) is 4.98 Å². The van der Waals surface area contributed by atoms with Crippen LogP contribution in [-0.4, -0.2) is 32.8 Å². The Labute approximate surface area is 225 Å². The molecule has 0 fully saturated rings. The summed E-state index contributed by atoms with van der Waals surface area (Å²) in [5.74, 6) is 0.255. The fourth-order valence-corrected chi connectivity index (χ4v) is 4.15. The first kappa shape index (κ1) is 25.0. The van der Waals surface area contributed by atoms with Crippen LogP contribution in [0.3, 0.4) is 0 Å². The van der Waals surface area contributed by atoms with Crippen LogP contribution < -0.4 is 5.32 Å². The van der Waals surface area contributed by atoms with Crippen molar-refractivity contribution in [1.29, 1.82) is 0 Å². The minimum absolute atomic E-state index is 0.149. The van der Waals surface area contributed by atoms with Crippen LogP contribution in [0.4, 0.5) is 5.95 Å². The van der Waals surface area contributed by atoms with Crippen molar-refractivity contribution < 1.29 is 14.0 Å². The van der Waals surface area contributed by atoms with Crippen molar-refractivity contribution >= 4 is 29.4 Å². The van der Waals surface area contributed by atoms with Crippen molar-refractivity contribution in [2.45, 2.75) is 13.5 Å². The maximum absolute atomic E-state index is 13.3. The molecule has 0 aliphatic heterocycles. The van der Waals surface area contributed by atoms with E-state index in [1.165, 1.54) is 11.2 Å². The zero-order valence-electron chi connectivity index (χ0n) is 20.7. The largest absolute Gasteiger partial charge is 0.467 e. The average molecular weight is 525 g/mol. The lowest BCUT2D eigenvalue weighted by Gasteiger charge is -2.21. The maximum atomic E-state index is 13.3. The van der Waals surface area contributed by atoms with Gasteiger partial charge in [0, 0.05) is 28.0 Å². The van der Waals surface area contributed by atoms with E-state index in [1.54, 1.807) is 48.5 Å². The smallest absolute Gasteiger partial charge is 0.254 e. The average Bonchev–Trinajstić information content (AvgIpc) is 3.59. The van der Waals surface area contributed by atoms with Gasteiger partial charge in [-0.1, -0.05) is 59.6 Å². The molecule has 7 nitrogen and oxygen atoms in total. The Bertz CT molecular complexity index is 1530. The molecular weight excluding hydrogens is 500 g/mol. The number of hydrogen-bond donors (Lipinski definition) is 1. The quantitative estimate of drug-likeness (QED) is 0.255. The third-order valence-electron chi connectivity index (χ3n) is 5.98. The lowest BCUT2D eigenvalue weighted by molar-refractivity contribution is -0.117. The predicted octanol–water partition coefficient (Wildman–Crippen LogP) is 6.38. The number of nitrogens with one attached hydrogen (secondary N) is 1. The van der Waals surface area contributed by atoms with Gasteiger partial charge in [-0.15, -0.1) is 0 Å². The number of carbonyl (C=O) groups excluding carboxylic acids is 2. The van der Waals surface area contributed by atoms with Crippen molar-refractivity contribution in [1.82, 2.24) is 14.5 Å². The van der Waals surface area contributed by atoms with Crippen LogP contribution in [0, 0.1) is 6.92 Å². The molecule has 38 heavy (non-hydrogen) atoms. The number of imidazole rings is 1. The summed E-state index contributed by atoms with van der Waals surface area (Å²) in [6.45, 7) is 1.97. The number of nitrogens with zero attached hydrogens (tertiary/aromatic N) is 3. The van der Waals surface area contributed by atoms with Crippen LogP contribution >= 0.6 is 11.6 Å². The van der Waals surface area contributed by atoms with Crippen molar-refractivity contribution in [3.63, 3.8) is 0 Å². The number of carbonyl (C=O) groups is 2. The lowest BCUT2D eigenvalue weighted by Crippen LogP contribution is -2.37. The zero-order valence-corrected chi connectivity index (χ0v) is 21.4. The van der Waals surface area contributed by atoms with Crippen LogP contribution in [-0.2, 0) is 11.3 Å². The van der Waals surface area contributed by atoms with Crippen molar-refractivity contribution in [3.05, 3.63) is 125 Å². The highest BCUT2D eigenvalue weighted by molar-refractivity contribution is 6.30. The molecule has 2 heterocycles. The number of furan rings is 1. The van der Waals surface area contributed by atoms with Gasteiger partial charge in [0.1, 0.15) is 12.3 Å². The Morgan fingerprint density at radius 3 is 2.37 bits per heavy atom. The van der Waals surface area contributed by atoms with Crippen molar-refractivity contribution in [2.24, 2.45) is 0 Å². The third kappa shape index (κ3) is 5.85. The lowest BCUT2D eigenvalue weighted by atomic mass is 10.2. The Balaban J connectivity index is 1.43. The van der Waals surface area contributed by atoms with Gasteiger partial charge in [-0.05, 0) is 55.5 Å². The first-order chi connectivity index (χ1) is 18.5. The van der Waals surface area contributed by atoms with Gasteiger partial charge in [0.2, 0.25) is 11.9 Å². The summed E-state index contributed by atoms with van der Waals surface area (Å²) in [5, 5.41) is 3.53. The summed E-state index contributed by atoms with van der Waals surface area (Å²) in [6.07, 6.45) is 3.40. The molecule has 5 rings (SSSR count). The van der Waals surface area contributed by atoms with Crippen LogP contribution in [0.25, 0.3) is 16.9 Å². The molecule has 5 aromatic rings. The fraction of sp³-hybridized carbons (Fsp3) is 0.100. The van der Waals surface area contributed by atoms with Crippen LogP contribution in [0.5, 0.6) is 0 Å². The molecule has 2 aromatic heterocycles. The molecule has 190 valence electrons. The highest BCUT2D eigenvalue weighted by Gasteiger charge is 2.22. The van der Waals surface area contributed by atoms with Gasteiger partial charge in [-0.3, -0.25) is 19.5 Å². The van der Waals surface area contributed by atoms with E-state index < -0.39 is 0 Å². The number of halogens is 1. The topological polar surface area (TPSA) is 80.4 Å². The van der Waals surface area contributed by atoms with E-state index in [1.807, 2.05) is 60.2 Å². The highest BCUT2D eigenvalue weighted by atomic mass is 35.5. The number of aromatic nitrogens is 2. The molecular formula is C30H25ClN4O3. The molecule has 2 amide bonds. The molecule has 0 saturated carbocycles. The van der Waals surface area contributed by atoms with E-state index >= 15 is 0 Å². The second-order valence-corrected chi connectivity index (χ2v) is 9.25. The molecule has 0 unspecified atom stereocenters. The number of hydrogen-bond acceptors (Lipinski definition) is 4. The minimum atomic E-state index is -0.387. The molecule has 3 aromatic carbocycles. The van der Waals surface area contributed by atoms with Crippen LogP contribution in [0.1, 0.15) is 21.7 Å². The van der Waals surface area contributed by atoms with E-state index in [0.717, 1.165) is 16.8 Å². The number of amides is 2. The van der Waals surface area contributed by atoms with E-state index in [4.69, 9.17) is 21.0 Å². The molecule has 0 aliphatic carbocycles.